The first-order chi connectivity index (χ1) is 10.8. The van der Waals surface area contributed by atoms with Crippen molar-refractivity contribution in [2.45, 2.75) is 19.5 Å². The summed E-state index contributed by atoms with van der Waals surface area (Å²) >= 11 is 0. The van der Waals surface area contributed by atoms with Crippen LogP contribution in [0.4, 0.5) is 0 Å². The van der Waals surface area contributed by atoms with Gasteiger partial charge in [-0.25, -0.2) is 4.79 Å². The number of hydrogen-bond acceptors (Lipinski definition) is 3. The molecule has 3 N–H and O–H groups in total. The minimum atomic E-state index is -0.889. The highest BCUT2D eigenvalue weighted by atomic mass is 16.4. The number of benzene rings is 1. The summed E-state index contributed by atoms with van der Waals surface area (Å²) in [6.45, 7) is 2.25. The number of H-pyrrole nitrogens is 1. The first kappa shape index (κ1) is 13.1. The number of carbonyl (C=O) groups is 1. The summed E-state index contributed by atoms with van der Waals surface area (Å²) in [5, 5.41) is 21.0. The molecule has 1 aliphatic heterocycles. The lowest BCUT2D eigenvalue weighted by Gasteiger charge is -2.15. The smallest absolute Gasteiger partial charge is 0.352 e. The number of aryl methyl sites for hydroxylation is 1. The molecule has 0 unspecified atom stereocenters. The topological polar surface area (TPSA) is 82.9 Å². The third kappa shape index (κ3) is 1.92. The summed E-state index contributed by atoms with van der Waals surface area (Å²) in [4.78, 5) is 11.6. The number of hydrogen-bond donors (Lipinski definition) is 3. The first-order valence-electron chi connectivity index (χ1n) is 7.34. The molecule has 1 aliphatic rings. The van der Waals surface area contributed by atoms with Crippen LogP contribution in [0.3, 0.4) is 0 Å². The fraction of sp³-hybridized carbons (Fsp3) is 0.250. The zero-order valence-electron chi connectivity index (χ0n) is 12.0. The molecule has 0 radical (unpaired) electrons. The summed E-state index contributed by atoms with van der Waals surface area (Å²) in [7, 11) is 0. The Hall–Kier alpha value is -2.60. The van der Waals surface area contributed by atoms with Crippen LogP contribution in [0.5, 0.6) is 0 Å². The van der Waals surface area contributed by atoms with E-state index in [4.69, 9.17) is 0 Å². The van der Waals surface area contributed by atoms with Gasteiger partial charge in [0.25, 0.3) is 0 Å². The first-order valence-corrected chi connectivity index (χ1v) is 7.34. The SMILES string of the molecule is O=C(O)c1cc2cccc3c2n1CCCNCc1[nH]ncc1-3. The van der Waals surface area contributed by atoms with E-state index < -0.39 is 5.97 Å². The van der Waals surface area contributed by atoms with Crippen LogP contribution in [-0.4, -0.2) is 32.4 Å². The highest BCUT2D eigenvalue weighted by Crippen LogP contribution is 2.33. The molecule has 6 nitrogen and oxygen atoms in total. The maximum absolute atomic E-state index is 11.6. The number of carboxylic acid groups (broad SMARTS) is 1. The number of fused-ring (bicyclic) bond motifs is 2. The van der Waals surface area contributed by atoms with Crippen LogP contribution in [0.1, 0.15) is 22.6 Å². The lowest BCUT2D eigenvalue weighted by atomic mass is 10.0. The van der Waals surface area contributed by atoms with Gasteiger partial charge in [0.05, 0.1) is 17.4 Å². The number of aromatic amines is 1. The Morgan fingerprint density at radius 1 is 1.32 bits per heavy atom. The number of aromatic carboxylic acids is 1. The molecule has 0 amide bonds. The number of aromatic nitrogens is 3. The van der Waals surface area contributed by atoms with Gasteiger partial charge >= 0.3 is 5.97 Å². The maximum Gasteiger partial charge on any atom is 0.352 e. The van der Waals surface area contributed by atoms with Crippen LogP contribution in [0.15, 0.2) is 30.5 Å². The zero-order valence-corrected chi connectivity index (χ0v) is 12.0. The van der Waals surface area contributed by atoms with Gasteiger partial charge in [-0.3, -0.25) is 5.10 Å². The molecular weight excluding hydrogens is 280 g/mol. The van der Waals surface area contributed by atoms with Gasteiger partial charge in [0.15, 0.2) is 0 Å². The molecule has 0 saturated carbocycles. The van der Waals surface area contributed by atoms with E-state index in [1.165, 1.54) is 0 Å². The van der Waals surface area contributed by atoms with E-state index >= 15 is 0 Å². The quantitative estimate of drug-likeness (QED) is 0.643. The van der Waals surface area contributed by atoms with Gasteiger partial charge in [-0.05, 0) is 19.0 Å². The van der Waals surface area contributed by atoms with Crippen molar-refractivity contribution in [1.29, 1.82) is 0 Å². The van der Waals surface area contributed by atoms with Gasteiger partial charge in [-0.2, -0.15) is 5.10 Å². The summed E-state index contributed by atoms with van der Waals surface area (Å²) in [6.07, 6.45) is 2.69. The molecule has 6 heteroatoms. The van der Waals surface area contributed by atoms with Crippen LogP contribution in [0.2, 0.25) is 0 Å². The Balaban J connectivity index is 2.07. The van der Waals surface area contributed by atoms with E-state index in [9.17, 15) is 9.90 Å². The molecule has 2 aromatic heterocycles. The summed E-state index contributed by atoms with van der Waals surface area (Å²) < 4.78 is 1.91. The standard InChI is InChI=1S/C16H16N4O2/c21-16(22)14-7-10-3-1-4-11-12-8-18-19-13(12)9-17-5-2-6-20(14)15(10)11/h1,3-4,7-8,17H,2,5-6,9H2,(H,18,19)(H,21,22). The summed E-state index contributed by atoms with van der Waals surface area (Å²) in [6, 6.07) is 7.71. The molecule has 1 aromatic carbocycles. The maximum atomic E-state index is 11.6. The molecule has 3 aromatic rings. The molecular formula is C16H16N4O2. The Morgan fingerprint density at radius 2 is 2.23 bits per heavy atom. The average molecular weight is 296 g/mol. The number of para-hydroxylation sites is 1. The van der Waals surface area contributed by atoms with Crippen molar-refractivity contribution >= 4 is 16.9 Å². The highest BCUT2D eigenvalue weighted by molar-refractivity contribution is 6.01. The second-order valence-electron chi connectivity index (χ2n) is 5.52. The molecule has 0 spiro atoms. The average Bonchev–Trinajstić information content (AvgIpc) is 3.11. The van der Waals surface area contributed by atoms with Gasteiger partial charge in [0.2, 0.25) is 0 Å². The van der Waals surface area contributed by atoms with Crippen molar-refractivity contribution in [2.24, 2.45) is 0 Å². The lowest BCUT2D eigenvalue weighted by molar-refractivity contribution is 0.0685. The van der Waals surface area contributed by atoms with Crippen LogP contribution in [-0.2, 0) is 13.1 Å². The molecule has 112 valence electrons. The zero-order chi connectivity index (χ0) is 15.1. The predicted octanol–water partition coefficient (Wildman–Crippen LogP) is 2.22. The molecule has 0 atom stereocenters. The second kappa shape index (κ2) is 4.99. The van der Waals surface area contributed by atoms with Gasteiger partial charge < -0.3 is 15.0 Å². The highest BCUT2D eigenvalue weighted by Gasteiger charge is 2.20. The van der Waals surface area contributed by atoms with E-state index in [1.807, 2.05) is 29.0 Å². The van der Waals surface area contributed by atoms with Crippen molar-refractivity contribution in [3.63, 3.8) is 0 Å². The Morgan fingerprint density at radius 3 is 3.09 bits per heavy atom. The third-order valence-electron chi connectivity index (χ3n) is 4.18. The van der Waals surface area contributed by atoms with Crippen molar-refractivity contribution < 1.29 is 9.90 Å². The molecule has 3 heterocycles. The second-order valence-corrected chi connectivity index (χ2v) is 5.52. The fourth-order valence-electron chi connectivity index (χ4n) is 3.21. The molecule has 0 aliphatic carbocycles. The van der Waals surface area contributed by atoms with E-state index in [0.717, 1.165) is 47.2 Å². The monoisotopic (exact) mass is 296 g/mol. The van der Waals surface area contributed by atoms with Gasteiger partial charge in [0.1, 0.15) is 5.69 Å². The number of carboxylic acids is 1. The van der Waals surface area contributed by atoms with Crippen LogP contribution in [0.25, 0.3) is 22.0 Å². The number of nitrogens with one attached hydrogen (secondary N) is 2. The van der Waals surface area contributed by atoms with Crippen molar-refractivity contribution in [3.05, 3.63) is 41.9 Å². The summed E-state index contributed by atoms with van der Waals surface area (Å²) in [5.74, 6) is -0.889. The molecule has 0 bridgehead atoms. The van der Waals surface area contributed by atoms with Gasteiger partial charge in [0, 0.05) is 29.6 Å². The van der Waals surface area contributed by atoms with Gasteiger partial charge in [-0.1, -0.05) is 18.2 Å². The van der Waals surface area contributed by atoms with Crippen molar-refractivity contribution in [3.8, 4) is 11.1 Å². The van der Waals surface area contributed by atoms with Crippen LogP contribution < -0.4 is 5.32 Å². The Kier molecular flexibility index (Phi) is 2.97. The fourth-order valence-corrected chi connectivity index (χ4v) is 3.21. The lowest BCUT2D eigenvalue weighted by Crippen LogP contribution is -2.19. The van der Waals surface area contributed by atoms with E-state index in [1.54, 1.807) is 6.07 Å². The van der Waals surface area contributed by atoms with E-state index in [0.29, 0.717) is 12.2 Å². The Bertz CT molecular complexity index is 862. The minimum absolute atomic E-state index is 0.341. The Labute approximate surface area is 126 Å². The largest absolute Gasteiger partial charge is 0.477 e. The minimum Gasteiger partial charge on any atom is -0.477 e. The van der Waals surface area contributed by atoms with Crippen molar-refractivity contribution in [2.75, 3.05) is 6.54 Å². The third-order valence-corrected chi connectivity index (χ3v) is 4.18. The van der Waals surface area contributed by atoms with Crippen molar-refractivity contribution in [1.82, 2.24) is 20.1 Å². The van der Waals surface area contributed by atoms with E-state index in [-0.39, 0.29) is 0 Å². The van der Waals surface area contributed by atoms with E-state index in [2.05, 4.69) is 15.5 Å². The van der Waals surface area contributed by atoms with Crippen LogP contribution in [0, 0.1) is 0 Å². The molecule has 4 rings (SSSR count). The van der Waals surface area contributed by atoms with Crippen LogP contribution >= 0.6 is 0 Å². The number of rotatable bonds is 1. The normalized spacial score (nSPS) is 14.7. The summed E-state index contributed by atoms with van der Waals surface area (Å²) in [5.41, 5.74) is 4.39. The molecule has 0 fully saturated rings. The van der Waals surface area contributed by atoms with Gasteiger partial charge in [-0.15, -0.1) is 0 Å². The number of nitrogens with zero attached hydrogens (tertiary/aromatic N) is 2. The molecule has 22 heavy (non-hydrogen) atoms. The molecule has 0 saturated heterocycles. The predicted molar refractivity (Wildman–Crippen MR) is 82.8 cm³/mol.